The fraction of sp³-hybridized carbons (Fsp3) is 0.286. The van der Waals surface area contributed by atoms with Crippen molar-refractivity contribution in [1.29, 1.82) is 0 Å². The molecule has 2 N–H and O–H groups in total. The molecular formula is C21H23Cl2NOSZn. The van der Waals surface area contributed by atoms with E-state index >= 15 is 0 Å². The summed E-state index contributed by atoms with van der Waals surface area (Å²) < 4.78 is 6.62. The van der Waals surface area contributed by atoms with Crippen molar-refractivity contribution in [2.45, 2.75) is 25.9 Å². The maximum absolute atomic E-state index is 6.62. The van der Waals surface area contributed by atoms with Gasteiger partial charge in [-0.2, -0.15) is 0 Å². The van der Waals surface area contributed by atoms with Crippen molar-refractivity contribution in [3.05, 3.63) is 66.3 Å². The molecule has 1 aliphatic carbocycles. The summed E-state index contributed by atoms with van der Waals surface area (Å²) in [5.41, 5.74) is 6.66. The van der Waals surface area contributed by atoms with Gasteiger partial charge in [0.2, 0.25) is 0 Å². The van der Waals surface area contributed by atoms with Gasteiger partial charge >= 0.3 is 19.5 Å². The topological polar surface area (TPSA) is 35.2 Å². The number of halogens is 2. The van der Waals surface area contributed by atoms with E-state index in [1.54, 1.807) is 0 Å². The second-order valence-corrected chi connectivity index (χ2v) is 6.96. The summed E-state index contributed by atoms with van der Waals surface area (Å²) in [6.07, 6.45) is 6.95. The van der Waals surface area contributed by atoms with E-state index < -0.39 is 5.60 Å². The van der Waals surface area contributed by atoms with Crippen molar-refractivity contribution in [3.63, 3.8) is 0 Å². The van der Waals surface area contributed by atoms with Gasteiger partial charge in [-0.25, -0.2) is 0 Å². The number of fused-ring (bicyclic) bond motifs is 1. The molecule has 6 heteroatoms. The van der Waals surface area contributed by atoms with Gasteiger partial charge in [-0.1, -0.05) is 80.7 Å². The molecular weight excluding hydrogens is 451 g/mol. The molecule has 0 radical (unpaired) electrons. The molecule has 2 aromatic rings. The molecule has 0 aromatic heterocycles. The summed E-state index contributed by atoms with van der Waals surface area (Å²) in [6.45, 7) is 4.66. The molecule has 1 atom stereocenters. The number of hydrogen-bond donors (Lipinski definition) is 1. The van der Waals surface area contributed by atoms with Gasteiger partial charge in [0.15, 0.2) is 0 Å². The molecule has 2 aromatic carbocycles. The number of thiocarbonyl (C=S) groups is 1. The number of rotatable bonds is 5. The second kappa shape index (κ2) is 11.3. The molecule has 0 heterocycles. The molecule has 0 aliphatic heterocycles. The molecule has 27 heavy (non-hydrogen) atoms. The van der Waals surface area contributed by atoms with Gasteiger partial charge in [0, 0.05) is 28.8 Å². The van der Waals surface area contributed by atoms with E-state index in [2.05, 4.69) is 44.2 Å². The van der Waals surface area contributed by atoms with Gasteiger partial charge in [0.05, 0.1) is 0 Å². The Labute approximate surface area is 192 Å². The summed E-state index contributed by atoms with van der Waals surface area (Å²) in [7, 11) is 0. The Morgan fingerprint density at radius 1 is 1.11 bits per heavy atom. The normalized spacial score (nSPS) is 15.1. The van der Waals surface area contributed by atoms with Gasteiger partial charge in [0.1, 0.15) is 11.4 Å². The minimum Gasteiger partial charge on any atom is -1.00 e. The average Bonchev–Trinajstić information content (AvgIpc) is 2.60. The van der Waals surface area contributed by atoms with Crippen LogP contribution in [-0.4, -0.2) is 17.0 Å². The second-order valence-electron chi connectivity index (χ2n) is 6.46. The van der Waals surface area contributed by atoms with E-state index in [1.807, 2.05) is 30.3 Å². The number of hydrogen-bond acceptors (Lipinski definition) is 3. The molecule has 0 spiro atoms. The zero-order valence-electron chi connectivity index (χ0n) is 15.6. The summed E-state index contributed by atoms with van der Waals surface area (Å²) in [5.74, 6) is 1.04. The first-order valence-electron chi connectivity index (χ1n) is 8.36. The van der Waals surface area contributed by atoms with Crippen LogP contribution in [0.5, 0.6) is 5.75 Å². The third-order valence-electron chi connectivity index (χ3n) is 4.74. The molecule has 0 bridgehead atoms. The van der Waals surface area contributed by atoms with E-state index in [4.69, 9.17) is 22.7 Å². The van der Waals surface area contributed by atoms with Crippen molar-refractivity contribution < 1.29 is 49.0 Å². The monoisotopic (exact) mass is 471 g/mol. The van der Waals surface area contributed by atoms with E-state index in [0.717, 1.165) is 33.4 Å². The smallest absolute Gasteiger partial charge is 1.00 e. The van der Waals surface area contributed by atoms with E-state index in [0.29, 0.717) is 6.54 Å². The van der Waals surface area contributed by atoms with Gasteiger partial charge in [-0.3, -0.25) is 0 Å². The summed E-state index contributed by atoms with van der Waals surface area (Å²) in [6, 6.07) is 14.4. The van der Waals surface area contributed by atoms with Crippen LogP contribution in [0.4, 0.5) is 0 Å². The first-order valence-corrected chi connectivity index (χ1v) is 8.76. The standard InChI is InChI=1S/C21H23NOS.2ClH.Zn/c1-15(2)21(14-22,18-11-5-6-13-20(18)24)23-19-12-7-9-16-8-3-4-10-17(16)19;;;/h3-12,15H,13-14,22H2,1-2H3;2*1H;/q;;;+2/p-2/t21-;;;/m0.../s1. The molecule has 0 amide bonds. The summed E-state index contributed by atoms with van der Waals surface area (Å²) in [5, 5.41) is 2.25. The van der Waals surface area contributed by atoms with E-state index in [1.165, 1.54) is 0 Å². The molecule has 0 unspecified atom stereocenters. The largest absolute Gasteiger partial charge is 2.00 e. The molecule has 0 fully saturated rings. The molecule has 2 nitrogen and oxygen atoms in total. The first-order chi connectivity index (χ1) is 11.6. The predicted molar refractivity (Wildman–Crippen MR) is 106 cm³/mol. The Balaban J connectivity index is 0.00000225. The number of benzene rings is 2. The zero-order chi connectivity index (χ0) is 17.2. The third-order valence-corrected chi connectivity index (χ3v) is 5.12. The Kier molecular flexibility index (Phi) is 11.0. The Morgan fingerprint density at radius 3 is 2.41 bits per heavy atom. The van der Waals surface area contributed by atoms with Crippen LogP contribution in [0, 0.1) is 5.92 Å². The van der Waals surface area contributed by atoms with Crippen molar-refractivity contribution in [3.8, 4) is 5.75 Å². The Hall–Kier alpha value is -0.767. The van der Waals surface area contributed by atoms with Crippen molar-refractivity contribution in [2.24, 2.45) is 11.7 Å². The molecule has 0 saturated heterocycles. The maximum atomic E-state index is 6.62. The van der Waals surface area contributed by atoms with Crippen molar-refractivity contribution >= 4 is 27.9 Å². The van der Waals surface area contributed by atoms with Crippen LogP contribution in [0.25, 0.3) is 10.8 Å². The first kappa shape index (κ1) is 26.2. The predicted octanol–water partition coefficient (Wildman–Crippen LogP) is -1.17. The molecule has 140 valence electrons. The van der Waals surface area contributed by atoms with Crippen LogP contribution in [-0.2, 0) is 19.5 Å². The van der Waals surface area contributed by atoms with Crippen LogP contribution < -0.4 is 35.3 Å². The van der Waals surface area contributed by atoms with Crippen LogP contribution in [0.2, 0.25) is 0 Å². The van der Waals surface area contributed by atoms with Crippen LogP contribution in [0.15, 0.2) is 66.3 Å². The Morgan fingerprint density at radius 2 is 1.78 bits per heavy atom. The summed E-state index contributed by atoms with van der Waals surface area (Å²) >= 11 is 5.62. The van der Waals surface area contributed by atoms with Gasteiger partial charge in [0.25, 0.3) is 0 Å². The minimum absolute atomic E-state index is 0. The van der Waals surface area contributed by atoms with Crippen LogP contribution >= 0.6 is 12.2 Å². The number of allylic oxidation sites excluding steroid dienone is 3. The van der Waals surface area contributed by atoms with Gasteiger partial charge < -0.3 is 35.3 Å². The fourth-order valence-corrected chi connectivity index (χ4v) is 3.61. The van der Waals surface area contributed by atoms with Crippen LogP contribution in [0.1, 0.15) is 20.3 Å². The fourth-order valence-electron chi connectivity index (χ4n) is 3.27. The van der Waals surface area contributed by atoms with Gasteiger partial charge in [-0.15, -0.1) is 0 Å². The zero-order valence-corrected chi connectivity index (χ0v) is 20.9. The average molecular weight is 474 g/mol. The minimum atomic E-state index is -0.619. The number of ether oxygens (including phenoxy) is 1. The van der Waals surface area contributed by atoms with E-state index in [9.17, 15) is 0 Å². The van der Waals surface area contributed by atoms with Crippen molar-refractivity contribution in [2.75, 3.05) is 6.54 Å². The molecule has 1 aliphatic rings. The quantitative estimate of drug-likeness (QED) is 0.439. The SMILES string of the molecule is CC(C)[C@](CN)(Oc1cccc2ccccc12)C1=CC=CCC1=S.[Cl-].[Cl-].[Zn+2]. The summed E-state index contributed by atoms with van der Waals surface area (Å²) in [4.78, 5) is 0.914. The third kappa shape index (κ3) is 5.19. The van der Waals surface area contributed by atoms with E-state index in [-0.39, 0.29) is 50.2 Å². The van der Waals surface area contributed by atoms with Crippen LogP contribution in [0.3, 0.4) is 0 Å². The van der Waals surface area contributed by atoms with Gasteiger partial charge in [-0.05, 0) is 17.4 Å². The Bertz CT molecular complexity index is 833. The van der Waals surface area contributed by atoms with Crippen molar-refractivity contribution in [1.82, 2.24) is 0 Å². The number of nitrogens with two attached hydrogens (primary N) is 1. The maximum Gasteiger partial charge on any atom is 2.00 e. The molecule has 3 rings (SSSR count). The molecule has 0 saturated carbocycles.